The van der Waals surface area contributed by atoms with Crippen molar-refractivity contribution in [2.24, 2.45) is 0 Å². The van der Waals surface area contributed by atoms with Crippen molar-refractivity contribution >= 4 is 11.7 Å². The molecule has 2 aromatic carbocycles. The zero-order valence-corrected chi connectivity index (χ0v) is 17.4. The Kier molecular flexibility index (Phi) is 5.48. The van der Waals surface area contributed by atoms with Crippen LogP contribution in [0.3, 0.4) is 0 Å². The Morgan fingerprint density at radius 1 is 0.844 bits per heavy atom. The molecule has 0 bridgehead atoms. The molecular weight excluding hydrogens is 404 g/mol. The van der Waals surface area contributed by atoms with Gasteiger partial charge in [0, 0.05) is 44.6 Å². The lowest BCUT2D eigenvalue weighted by Crippen LogP contribution is -2.49. The number of ether oxygens (including phenoxy) is 1. The first-order chi connectivity index (χ1) is 15.8. The first kappa shape index (κ1) is 19.7. The average molecular weight is 426 g/mol. The maximum atomic E-state index is 13.3. The van der Waals surface area contributed by atoms with E-state index in [1.54, 1.807) is 17.2 Å². The lowest BCUT2D eigenvalue weighted by atomic mass is 10.1. The molecule has 1 aliphatic heterocycles. The van der Waals surface area contributed by atoms with E-state index in [9.17, 15) is 4.79 Å². The molecule has 160 valence electrons. The Balaban J connectivity index is 1.27. The van der Waals surface area contributed by atoms with Crippen LogP contribution in [0.5, 0.6) is 11.5 Å². The predicted molar refractivity (Wildman–Crippen MR) is 120 cm³/mol. The molecule has 0 spiro atoms. The molecule has 1 saturated heterocycles. The van der Waals surface area contributed by atoms with Crippen LogP contribution in [0.2, 0.25) is 0 Å². The number of hydrogen-bond acceptors (Lipinski definition) is 6. The van der Waals surface area contributed by atoms with Gasteiger partial charge in [-0.1, -0.05) is 30.3 Å². The number of nitrogens with zero attached hydrogens (tertiary/aromatic N) is 6. The molecule has 8 heteroatoms. The third-order valence-electron chi connectivity index (χ3n) is 5.36. The third kappa shape index (κ3) is 4.15. The van der Waals surface area contributed by atoms with Gasteiger partial charge in [0.15, 0.2) is 5.82 Å². The molecule has 1 fully saturated rings. The summed E-state index contributed by atoms with van der Waals surface area (Å²) in [6, 6.07) is 20.6. The summed E-state index contributed by atoms with van der Waals surface area (Å²) >= 11 is 0. The first-order valence-corrected chi connectivity index (χ1v) is 10.5. The van der Waals surface area contributed by atoms with Gasteiger partial charge >= 0.3 is 0 Å². The van der Waals surface area contributed by atoms with Crippen LogP contribution in [0.25, 0.3) is 5.82 Å². The standard InChI is InChI=1S/C24H22N6O2/c31-24(20-9-4-5-10-21(20)32-19-7-2-1-3-8-19)29-15-13-28(14-16-29)22-17-23(26-18-25-22)30-12-6-11-27-30/h1-12,17-18H,13-16H2. The summed E-state index contributed by atoms with van der Waals surface area (Å²) in [5, 5.41) is 4.22. The van der Waals surface area contributed by atoms with Gasteiger partial charge in [-0.2, -0.15) is 5.10 Å². The van der Waals surface area contributed by atoms with E-state index in [0.29, 0.717) is 49.1 Å². The van der Waals surface area contributed by atoms with Gasteiger partial charge in [-0.05, 0) is 30.3 Å². The van der Waals surface area contributed by atoms with Gasteiger partial charge in [-0.3, -0.25) is 4.79 Å². The van der Waals surface area contributed by atoms with Crippen molar-refractivity contribution in [2.45, 2.75) is 0 Å². The van der Waals surface area contributed by atoms with Crippen molar-refractivity contribution in [2.75, 3.05) is 31.1 Å². The molecule has 1 aliphatic rings. The molecule has 0 radical (unpaired) electrons. The van der Waals surface area contributed by atoms with Crippen molar-refractivity contribution in [3.8, 4) is 17.3 Å². The number of piperazine rings is 1. The zero-order valence-electron chi connectivity index (χ0n) is 17.4. The van der Waals surface area contributed by atoms with Crippen LogP contribution >= 0.6 is 0 Å². The van der Waals surface area contributed by atoms with Gasteiger partial charge < -0.3 is 14.5 Å². The fraction of sp³-hybridized carbons (Fsp3) is 0.167. The van der Waals surface area contributed by atoms with E-state index in [2.05, 4.69) is 20.0 Å². The highest BCUT2D eigenvalue weighted by Gasteiger charge is 2.25. The fourth-order valence-corrected chi connectivity index (χ4v) is 3.70. The smallest absolute Gasteiger partial charge is 0.257 e. The van der Waals surface area contributed by atoms with E-state index < -0.39 is 0 Å². The van der Waals surface area contributed by atoms with Crippen molar-refractivity contribution in [1.82, 2.24) is 24.6 Å². The SMILES string of the molecule is O=C(c1ccccc1Oc1ccccc1)N1CCN(c2cc(-n3cccn3)ncn2)CC1. The molecule has 1 amide bonds. The minimum absolute atomic E-state index is 0.0314. The van der Waals surface area contributed by atoms with Gasteiger partial charge in [0.05, 0.1) is 5.56 Å². The molecule has 5 rings (SSSR count). The second-order valence-corrected chi connectivity index (χ2v) is 7.38. The molecule has 8 nitrogen and oxygen atoms in total. The first-order valence-electron chi connectivity index (χ1n) is 10.5. The second-order valence-electron chi connectivity index (χ2n) is 7.38. The Morgan fingerprint density at radius 2 is 1.59 bits per heavy atom. The highest BCUT2D eigenvalue weighted by Crippen LogP contribution is 2.27. The quantitative estimate of drug-likeness (QED) is 0.487. The minimum atomic E-state index is -0.0314. The summed E-state index contributed by atoms with van der Waals surface area (Å²) in [6.07, 6.45) is 5.10. The highest BCUT2D eigenvalue weighted by molar-refractivity contribution is 5.97. The topological polar surface area (TPSA) is 76.4 Å². The predicted octanol–water partition coefficient (Wildman–Crippen LogP) is 3.42. The van der Waals surface area contributed by atoms with E-state index in [1.807, 2.05) is 77.8 Å². The lowest BCUT2D eigenvalue weighted by molar-refractivity contribution is 0.0744. The monoisotopic (exact) mass is 426 g/mol. The number of hydrogen-bond donors (Lipinski definition) is 0. The van der Waals surface area contributed by atoms with Crippen LogP contribution in [-0.2, 0) is 0 Å². The third-order valence-corrected chi connectivity index (χ3v) is 5.36. The molecule has 0 unspecified atom stereocenters. The van der Waals surface area contributed by atoms with E-state index >= 15 is 0 Å². The average Bonchev–Trinajstić information content (AvgIpc) is 3.40. The molecule has 0 aliphatic carbocycles. The van der Waals surface area contributed by atoms with E-state index in [-0.39, 0.29) is 5.91 Å². The van der Waals surface area contributed by atoms with E-state index in [4.69, 9.17) is 4.74 Å². The normalized spacial score (nSPS) is 13.8. The van der Waals surface area contributed by atoms with Crippen molar-refractivity contribution in [3.05, 3.63) is 91.0 Å². The van der Waals surface area contributed by atoms with Crippen LogP contribution in [0, 0.1) is 0 Å². The highest BCUT2D eigenvalue weighted by atomic mass is 16.5. The Labute approximate surface area is 185 Å². The number of anilines is 1. The number of aromatic nitrogens is 4. The summed E-state index contributed by atoms with van der Waals surface area (Å²) in [5.74, 6) is 2.77. The molecular formula is C24H22N6O2. The Hall–Kier alpha value is -4.20. The van der Waals surface area contributed by atoms with Crippen LogP contribution in [0.15, 0.2) is 85.5 Å². The number of amides is 1. The number of carbonyl (C=O) groups excluding carboxylic acids is 1. The summed E-state index contributed by atoms with van der Waals surface area (Å²) in [6.45, 7) is 2.56. The second kappa shape index (κ2) is 8.89. The van der Waals surface area contributed by atoms with Crippen LogP contribution in [0.4, 0.5) is 5.82 Å². The summed E-state index contributed by atoms with van der Waals surface area (Å²) in [5.41, 5.74) is 0.563. The maximum absolute atomic E-state index is 13.3. The molecule has 4 aromatic rings. The molecule has 3 heterocycles. The summed E-state index contributed by atoms with van der Waals surface area (Å²) in [4.78, 5) is 26.0. The van der Waals surface area contributed by atoms with Gasteiger partial charge in [0.2, 0.25) is 0 Å². The zero-order chi connectivity index (χ0) is 21.8. The van der Waals surface area contributed by atoms with Crippen molar-refractivity contribution in [1.29, 1.82) is 0 Å². The number of rotatable bonds is 5. The summed E-state index contributed by atoms with van der Waals surface area (Å²) in [7, 11) is 0. The van der Waals surface area contributed by atoms with E-state index in [1.165, 1.54) is 0 Å². The fourth-order valence-electron chi connectivity index (χ4n) is 3.70. The Morgan fingerprint density at radius 3 is 2.38 bits per heavy atom. The molecule has 0 atom stereocenters. The number of carbonyl (C=O) groups is 1. The largest absolute Gasteiger partial charge is 0.457 e. The molecule has 32 heavy (non-hydrogen) atoms. The number of para-hydroxylation sites is 2. The molecule has 0 N–H and O–H groups in total. The van der Waals surface area contributed by atoms with Crippen LogP contribution in [0.1, 0.15) is 10.4 Å². The van der Waals surface area contributed by atoms with E-state index in [0.717, 1.165) is 5.82 Å². The molecule has 2 aromatic heterocycles. The maximum Gasteiger partial charge on any atom is 0.257 e. The van der Waals surface area contributed by atoms with Crippen LogP contribution < -0.4 is 9.64 Å². The van der Waals surface area contributed by atoms with Gasteiger partial charge in [-0.15, -0.1) is 0 Å². The van der Waals surface area contributed by atoms with Crippen molar-refractivity contribution in [3.63, 3.8) is 0 Å². The minimum Gasteiger partial charge on any atom is -0.457 e. The number of benzene rings is 2. The lowest BCUT2D eigenvalue weighted by Gasteiger charge is -2.35. The van der Waals surface area contributed by atoms with Gasteiger partial charge in [0.1, 0.15) is 23.6 Å². The van der Waals surface area contributed by atoms with Crippen molar-refractivity contribution < 1.29 is 9.53 Å². The molecule has 0 saturated carbocycles. The van der Waals surface area contributed by atoms with Gasteiger partial charge in [-0.25, -0.2) is 14.6 Å². The van der Waals surface area contributed by atoms with Gasteiger partial charge in [0.25, 0.3) is 5.91 Å². The van der Waals surface area contributed by atoms with Crippen LogP contribution in [-0.4, -0.2) is 56.7 Å². The Bertz CT molecular complexity index is 1190. The summed E-state index contributed by atoms with van der Waals surface area (Å²) < 4.78 is 7.68.